The monoisotopic (exact) mass is 301 g/mol. The molecule has 0 amide bonds. The van der Waals surface area contributed by atoms with Gasteiger partial charge in [-0.2, -0.15) is 0 Å². The Balaban J connectivity index is 2.72. The molecule has 1 unspecified atom stereocenters. The lowest BCUT2D eigenvalue weighted by atomic mass is 9.98. The maximum atomic E-state index is 13.8. The van der Waals surface area contributed by atoms with Crippen LogP contribution in [0.4, 0.5) is 4.39 Å². The van der Waals surface area contributed by atoms with Crippen LogP contribution in [0.2, 0.25) is 0 Å². The Kier molecular flexibility index (Phi) is 6.14. The van der Waals surface area contributed by atoms with E-state index in [4.69, 9.17) is 0 Å². The standard InChI is InChI=1S/C14H21BrFN/c1-10(2)6-4-9-13(17-3)14-11(15)7-5-8-12(14)16/h5,7-8,10,13,17H,4,6,9H2,1-3H3. The quantitative estimate of drug-likeness (QED) is 0.805. The molecule has 1 aromatic rings. The van der Waals surface area contributed by atoms with Crippen molar-refractivity contribution in [3.63, 3.8) is 0 Å². The molecule has 0 saturated heterocycles. The first-order chi connectivity index (χ1) is 8.06. The van der Waals surface area contributed by atoms with Gasteiger partial charge in [-0.05, 0) is 31.5 Å². The van der Waals surface area contributed by atoms with Crippen molar-refractivity contribution in [2.75, 3.05) is 7.05 Å². The first-order valence-corrected chi connectivity index (χ1v) is 6.96. The molecule has 0 aliphatic carbocycles. The van der Waals surface area contributed by atoms with Crippen LogP contribution in [0.1, 0.15) is 44.7 Å². The molecular weight excluding hydrogens is 281 g/mol. The van der Waals surface area contributed by atoms with Crippen molar-refractivity contribution >= 4 is 15.9 Å². The van der Waals surface area contributed by atoms with Crippen molar-refractivity contribution in [1.82, 2.24) is 5.32 Å². The molecule has 0 fully saturated rings. The number of nitrogens with one attached hydrogen (secondary N) is 1. The second-order valence-electron chi connectivity index (χ2n) is 4.80. The summed E-state index contributed by atoms with van der Waals surface area (Å²) >= 11 is 3.43. The fourth-order valence-corrected chi connectivity index (χ4v) is 2.63. The fraction of sp³-hybridized carbons (Fsp3) is 0.571. The molecule has 0 saturated carbocycles. The van der Waals surface area contributed by atoms with Crippen LogP contribution in [0.15, 0.2) is 22.7 Å². The predicted molar refractivity (Wildman–Crippen MR) is 74.6 cm³/mol. The topological polar surface area (TPSA) is 12.0 Å². The highest BCUT2D eigenvalue weighted by Crippen LogP contribution is 2.29. The van der Waals surface area contributed by atoms with Gasteiger partial charge in [0.05, 0.1) is 0 Å². The van der Waals surface area contributed by atoms with Gasteiger partial charge in [0.1, 0.15) is 5.82 Å². The molecular formula is C14H21BrFN. The lowest BCUT2D eigenvalue weighted by molar-refractivity contribution is 0.455. The summed E-state index contributed by atoms with van der Waals surface area (Å²) in [6.07, 6.45) is 3.27. The predicted octanol–water partition coefficient (Wildman–Crippen LogP) is 4.68. The van der Waals surface area contributed by atoms with Crippen molar-refractivity contribution in [2.45, 2.75) is 39.2 Å². The summed E-state index contributed by atoms with van der Waals surface area (Å²) in [5, 5.41) is 3.20. The third-order valence-electron chi connectivity index (χ3n) is 2.97. The van der Waals surface area contributed by atoms with E-state index in [0.29, 0.717) is 5.92 Å². The van der Waals surface area contributed by atoms with E-state index < -0.39 is 0 Å². The average molecular weight is 302 g/mol. The Morgan fingerprint density at radius 2 is 2.00 bits per heavy atom. The second kappa shape index (κ2) is 7.12. The summed E-state index contributed by atoms with van der Waals surface area (Å²) < 4.78 is 14.7. The number of hydrogen-bond donors (Lipinski definition) is 1. The van der Waals surface area contributed by atoms with Crippen LogP contribution in [-0.2, 0) is 0 Å². The lowest BCUT2D eigenvalue weighted by Crippen LogP contribution is -2.18. The minimum Gasteiger partial charge on any atom is -0.313 e. The molecule has 1 atom stereocenters. The van der Waals surface area contributed by atoms with Gasteiger partial charge in [0.15, 0.2) is 0 Å². The van der Waals surface area contributed by atoms with Crippen LogP contribution in [0.25, 0.3) is 0 Å². The summed E-state index contributed by atoms with van der Waals surface area (Å²) in [5.41, 5.74) is 0.749. The third kappa shape index (κ3) is 4.40. The zero-order valence-electron chi connectivity index (χ0n) is 10.8. The molecule has 17 heavy (non-hydrogen) atoms. The molecule has 0 radical (unpaired) electrons. The Bertz CT molecular complexity index is 332. The Morgan fingerprint density at radius 1 is 1.29 bits per heavy atom. The highest BCUT2D eigenvalue weighted by molar-refractivity contribution is 9.10. The van der Waals surface area contributed by atoms with Crippen LogP contribution in [0.3, 0.4) is 0 Å². The second-order valence-corrected chi connectivity index (χ2v) is 5.66. The van der Waals surface area contributed by atoms with Crippen molar-refractivity contribution in [3.05, 3.63) is 34.1 Å². The van der Waals surface area contributed by atoms with E-state index in [-0.39, 0.29) is 11.9 Å². The zero-order chi connectivity index (χ0) is 12.8. The van der Waals surface area contributed by atoms with Crippen LogP contribution in [-0.4, -0.2) is 7.05 Å². The summed E-state index contributed by atoms with van der Waals surface area (Å²) in [4.78, 5) is 0. The first-order valence-electron chi connectivity index (χ1n) is 6.17. The fourth-order valence-electron chi connectivity index (χ4n) is 2.01. The number of halogens is 2. The van der Waals surface area contributed by atoms with Crippen LogP contribution in [0, 0.1) is 11.7 Å². The molecule has 0 aliphatic heterocycles. The van der Waals surface area contributed by atoms with Gasteiger partial charge in [-0.3, -0.25) is 0 Å². The zero-order valence-corrected chi connectivity index (χ0v) is 12.3. The van der Waals surface area contributed by atoms with Gasteiger partial charge >= 0.3 is 0 Å². The van der Waals surface area contributed by atoms with Crippen molar-refractivity contribution < 1.29 is 4.39 Å². The molecule has 1 aromatic carbocycles. The summed E-state index contributed by atoms with van der Waals surface area (Å²) in [5.74, 6) is 0.569. The van der Waals surface area contributed by atoms with Crippen molar-refractivity contribution in [3.8, 4) is 0 Å². The highest BCUT2D eigenvalue weighted by atomic mass is 79.9. The number of rotatable bonds is 6. The number of hydrogen-bond acceptors (Lipinski definition) is 1. The van der Waals surface area contributed by atoms with Gasteiger partial charge in [-0.15, -0.1) is 0 Å². The largest absolute Gasteiger partial charge is 0.313 e. The van der Waals surface area contributed by atoms with Crippen LogP contribution < -0.4 is 5.32 Å². The average Bonchev–Trinajstić information content (AvgIpc) is 2.26. The first kappa shape index (κ1) is 14.7. The molecule has 1 nitrogen and oxygen atoms in total. The summed E-state index contributed by atoms with van der Waals surface area (Å²) in [6, 6.07) is 5.23. The third-order valence-corrected chi connectivity index (χ3v) is 3.66. The highest BCUT2D eigenvalue weighted by Gasteiger charge is 2.16. The van der Waals surface area contributed by atoms with E-state index in [1.165, 1.54) is 12.5 Å². The smallest absolute Gasteiger partial charge is 0.129 e. The minimum absolute atomic E-state index is 0.0873. The molecule has 96 valence electrons. The maximum absolute atomic E-state index is 13.8. The van der Waals surface area contributed by atoms with Crippen LogP contribution in [0.5, 0.6) is 0 Å². The number of benzene rings is 1. The normalized spacial score (nSPS) is 13.1. The van der Waals surface area contributed by atoms with Gasteiger partial charge in [-0.25, -0.2) is 4.39 Å². The molecule has 0 spiro atoms. The SMILES string of the molecule is CNC(CCCC(C)C)c1c(F)cccc1Br. The molecule has 0 aromatic heterocycles. The van der Waals surface area contributed by atoms with Crippen LogP contribution >= 0.6 is 15.9 Å². The Labute approximate surface area is 112 Å². The van der Waals surface area contributed by atoms with Gasteiger partial charge in [0, 0.05) is 16.1 Å². The molecule has 1 N–H and O–H groups in total. The van der Waals surface area contributed by atoms with Gasteiger partial charge in [0.2, 0.25) is 0 Å². The summed E-state index contributed by atoms with van der Waals surface area (Å²) in [7, 11) is 1.89. The minimum atomic E-state index is -0.136. The van der Waals surface area contributed by atoms with Gasteiger partial charge in [-0.1, -0.05) is 48.7 Å². The summed E-state index contributed by atoms with van der Waals surface area (Å²) in [6.45, 7) is 4.43. The van der Waals surface area contributed by atoms with Crippen molar-refractivity contribution in [2.24, 2.45) is 5.92 Å². The molecule has 0 heterocycles. The van der Waals surface area contributed by atoms with E-state index >= 15 is 0 Å². The lowest BCUT2D eigenvalue weighted by Gasteiger charge is -2.19. The molecule has 1 rings (SSSR count). The van der Waals surface area contributed by atoms with Crippen molar-refractivity contribution in [1.29, 1.82) is 0 Å². The van der Waals surface area contributed by atoms with E-state index in [1.54, 1.807) is 6.07 Å². The van der Waals surface area contributed by atoms with E-state index in [9.17, 15) is 4.39 Å². The van der Waals surface area contributed by atoms with Gasteiger partial charge in [0.25, 0.3) is 0 Å². The Morgan fingerprint density at radius 3 is 2.53 bits per heavy atom. The van der Waals surface area contributed by atoms with E-state index in [1.807, 2.05) is 13.1 Å². The Hall–Kier alpha value is -0.410. The van der Waals surface area contributed by atoms with Gasteiger partial charge < -0.3 is 5.32 Å². The molecule has 0 aliphatic rings. The molecule has 0 bridgehead atoms. The maximum Gasteiger partial charge on any atom is 0.129 e. The van der Waals surface area contributed by atoms with E-state index in [0.717, 1.165) is 22.9 Å². The van der Waals surface area contributed by atoms with E-state index in [2.05, 4.69) is 35.1 Å². The molecule has 3 heteroatoms.